The van der Waals surface area contributed by atoms with E-state index in [1.54, 1.807) is 0 Å². The molecule has 0 aliphatic rings. The fourth-order valence-corrected chi connectivity index (χ4v) is 3.91. The zero-order chi connectivity index (χ0) is 22.3. The Bertz CT molecular complexity index is 370. The van der Waals surface area contributed by atoms with Crippen LogP contribution in [0.4, 0.5) is 0 Å². The van der Waals surface area contributed by atoms with Gasteiger partial charge in [-0.1, -0.05) is 96.8 Å². The summed E-state index contributed by atoms with van der Waals surface area (Å²) in [6.07, 6.45) is 20.3. The first-order valence-corrected chi connectivity index (χ1v) is 12.8. The third-order valence-corrected chi connectivity index (χ3v) is 6.16. The van der Waals surface area contributed by atoms with Gasteiger partial charge in [-0.05, 0) is 6.42 Å². The zero-order valence-electron chi connectivity index (χ0n) is 20.2. The molecule has 0 unspecified atom stereocenters. The number of hydrogen-bond donors (Lipinski definition) is 2. The molecular formula is C25H52NO4+. The molecule has 0 aromatic heterocycles. The number of carbonyl (C=O) groups excluding carboxylic acids is 1. The normalized spacial score (nSPS) is 11.7. The second-order valence-electron chi connectivity index (χ2n) is 9.16. The van der Waals surface area contributed by atoms with Crippen LogP contribution in [0.2, 0.25) is 0 Å². The second-order valence-corrected chi connectivity index (χ2v) is 9.16. The molecule has 0 atom stereocenters. The van der Waals surface area contributed by atoms with E-state index in [2.05, 4.69) is 6.92 Å². The summed E-state index contributed by atoms with van der Waals surface area (Å²) in [7, 11) is 1.97. The molecule has 0 bridgehead atoms. The van der Waals surface area contributed by atoms with Gasteiger partial charge in [0.05, 0.1) is 20.3 Å². The highest BCUT2D eigenvalue weighted by Crippen LogP contribution is 2.14. The number of likely N-dealkylation sites (N-methyl/N-ethyl adjacent to an activating group) is 1. The summed E-state index contributed by atoms with van der Waals surface area (Å²) < 4.78 is 5.86. The Hall–Kier alpha value is -0.650. The number of hydrogen-bond acceptors (Lipinski definition) is 4. The van der Waals surface area contributed by atoms with Crippen LogP contribution < -0.4 is 0 Å². The fourth-order valence-electron chi connectivity index (χ4n) is 3.91. The molecule has 30 heavy (non-hydrogen) atoms. The van der Waals surface area contributed by atoms with E-state index in [0.29, 0.717) is 37.1 Å². The summed E-state index contributed by atoms with van der Waals surface area (Å²) in [6.45, 7) is 4.54. The molecule has 0 aromatic rings. The Morgan fingerprint density at radius 2 is 1.07 bits per heavy atom. The lowest BCUT2D eigenvalue weighted by Crippen LogP contribution is -2.50. The summed E-state index contributed by atoms with van der Waals surface area (Å²) in [5.41, 5.74) is 0. The minimum atomic E-state index is -0.121. The Morgan fingerprint density at radius 3 is 1.47 bits per heavy atom. The average molecular weight is 431 g/mol. The highest BCUT2D eigenvalue weighted by Gasteiger charge is 2.20. The van der Waals surface area contributed by atoms with E-state index in [1.807, 2.05) is 7.05 Å². The molecule has 0 aliphatic carbocycles. The molecule has 0 aliphatic heterocycles. The van der Waals surface area contributed by atoms with Gasteiger partial charge in [-0.2, -0.15) is 0 Å². The number of esters is 1. The highest BCUT2D eigenvalue weighted by molar-refractivity contribution is 5.69. The van der Waals surface area contributed by atoms with E-state index in [0.717, 1.165) is 12.8 Å². The number of quaternary nitrogens is 1. The third kappa shape index (κ3) is 19.3. The number of ether oxygens (including phenoxy) is 1. The van der Waals surface area contributed by atoms with Crippen molar-refractivity contribution in [1.29, 1.82) is 0 Å². The van der Waals surface area contributed by atoms with Crippen molar-refractivity contribution in [2.45, 2.75) is 110 Å². The van der Waals surface area contributed by atoms with Crippen LogP contribution in [0, 0.1) is 0 Å². The predicted octanol–water partition coefficient (Wildman–Crippen LogP) is 5.22. The Balaban J connectivity index is 3.39. The molecular weight excluding hydrogens is 378 g/mol. The van der Waals surface area contributed by atoms with Crippen molar-refractivity contribution in [1.82, 2.24) is 0 Å². The van der Waals surface area contributed by atoms with Gasteiger partial charge in [0.15, 0.2) is 0 Å². The van der Waals surface area contributed by atoms with Crippen LogP contribution in [0.1, 0.15) is 110 Å². The Kier molecular flexibility index (Phi) is 21.1. The van der Waals surface area contributed by atoms with Gasteiger partial charge in [0, 0.05) is 6.42 Å². The molecule has 2 N–H and O–H groups in total. The van der Waals surface area contributed by atoms with Gasteiger partial charge in [-0.25, -0.2) is 0 Å². The SMILES string of the molecule is CCCCCCCCCCCCCCCCCC(=O)OCC[N+](C)(CCO)CCO. The van der Waals surface area contributed by atoms with Crippen molar-refractivity contribution in [2.24, 2.45) is 0 Å². The number of rotatable bonds is 23. The minimum Gasteiger partial charge on any atom is -0.460 e. The highest BCUT2D eigenvalue weighted by atomic mass is 16.5. The van der Waals surface area contributed by atoms with E-state index in [-0.39, 0.29) is 19.2 Å². The van der Waals surface area contributed by atoms with Crippen LogP contribution in [0.3, 0.4) is 0 Å². The van der Waals surface area contributed by atoms with Crippen molar-refractivity contribution in [3.63, 3.8) is 0 Å². The molecule has 0 heterocycles. The largest absolute Gasteiger partial charge is 0.460 e. The zero-order valence-corrected chi connectivity index (χ0v) is 20.2. The summed E-state index contributed by atoms with van der Waals surface area (Å²) >= 11 is 0. The standard InChI is InChI=1S/C25H52NO4/c1-3-4-5-6-7-8-9-10-11-12-13-14-15-16-17-18-25(29)30-24-21-26(2,19-22-27)20-23-28/h27-28H,3-24H2,1-2H3/q+1. The lowest BCUT2D eigenvalue weighted by atomic mass is 10.0. The summed E-state index contributed by atoms with van der Waals surface area (Å²) in [5, 5.41) is 18.3. The number of nitrogens with zero attached hydrogens (tertiary/aromatic N) is 1. The molecule has 0 aromatic carbocycles. The van der Waals surface area contributed by atoms with Gasteiger partial charge in [0.25, 0.3) is 0 Å². The first-order valence-electron chi connectivity index (χ1n) is 12.8. The topological polar surface area (TPSA) is 66.8 Å². The second kappa shape index (κ2) is 21.6. The lowest BCUT2D eigenvalue weighted by molar-refractivity contribution is -0.910. The Morgan fingerprint density at radius 1 is 0.667 bits per heavy atom. The van der Waals surface area contributed by atoms with Gasteiger partial charge in [0.2, 0.25) is 0 Å². The molecule has 0 amide bonds. The van der Waals surface area contributed by atoms with Gasteiger partial charge in [-0.3, -0.25) is 4.79 Å². The molecule has 0 saturated heterocycles. The molecule has 0 radical (unpaired) electrons. The van der Waals surface area contributed by atoms with Gasteiger partial charge in [0.1, 0.15) is 26.2 Å². The number of unbranched alkanes of at least 4 members (excludes halogenated alkanes) is 14. The van der Waals surface area contributed by atoms with Crippen molar-refractivity contribution < 1.29 is 24.2 Å². The van der Waals surface area contributed by atoms with Gasteiger partial charge in [-0.15, -0.1) is 0 Å². The van der Waals surface area contributed by atoms with Crippen LogP contribution in [-0.2, 0) is 9.53 Å². The minimum absolute atomic E-state index is 0.0730. The Labute approximate surface area is 186 Å². The molecule has 0 saturated carbocycles. The molecule has 5 heteroatoms. The lowest BCUT2D eigenvalue weighted by Gasteiger charge is -2.33. The van der Waals surface area contributed by atoms with Crippen molar-refractivity contribution in [3.05, 3.63) is 0 Å². The summed E-state index contributed by atoms with van der Waals surface area (Å²) in [6, 6.07) is 0. The van der Waals surface area contributed by atoms with E-state index >= 15 is 0 Å². The first-order chi connectivity index (χ1) is 14.6. The molecule has 180 valence electrons. The fraction of sp³-hybridized carbons (Fsp3) is 0.960. The monoisotopic (exact) mass is 430 g/mol. The van der Waals surface area contributed by atoms with Gasteiger partial charge >= 0.3 is 5.97 Å². The van der Waals surface area contributed by atoms with E-state index in [9.17, 15) is 4.79 Å². The quantitative estimate of drug-likeness (QED) is 0.132. The van der Waals surface area contributed by atoms with Crippen LogP contribution in [0.15, 0.2) is 0 Å². The summed E-state index contributed by atoms with van der Waals surface area (Å²) in [4.78, 5) is 11.9. The van der Waals surface area contributed by atoms with Crippen molar-refractivity contribution in [2.75, 3.05) is 46.5 Å². The van der Waals surface area contributed by atoms with Gasteiger partial charge < -0.3 is 19.4 Å². The predicted molar refractivity (Wildman–Crippen MR) is 125 cm³/mol. The molecule has 0 fully saturated rings. The third-order valence-electron chi connectivity index (χ3n) is 6.16. The van der Waals surface area contributed by atoms with Crippen LogP contribution in [0.25, 0.3) is 0 Å². The average Bonchev–Trinajstić information content (AvgIpc) is 2.71. The van der Waals surface area contributed by atoms with Crippen LogP contribution >= 0.6 is 0 Å². The van der Waals surface area contributed by atoms with Crippen molar-refractivity contribution >= 4 is 5.97 Å². The van der Waals surface area contributed by atoms with E-state index < -0.39 is 0 Å². The van der Waals surface area contributed by atoms with Crippen LogP contribution in [0.5, 0.6) is 0 Å². The number of aliphatic hydroxyl groups is 2. The number of carbonyl (C=O) groups is 1. The molecule has 0 spiro atoms. The maximum atomic E-state index is 11.9. The maximum absolute atomic E-state index is 11.9. The smallest absolute Gasteiger partial charge is 0.305 e. The van der Waals surface area contributed by atoms with Crippen LogP contribution in [-0.4, -0.2) is 67.2 Å². The summed E-state index contributed by atoms with van der Waals surface area (Å²) in [5.74, 6) is -0.121. The van der Waals surface area contributed by atoms with E-state index in [1.165, 1.54) is 83.5 Å². The maximum Gasteiger partial charge on any atom is 0.305 e. The molecule has 0 rings (SSSR count). The molecule has 5 nitrogen and oxygen atoms in total. The van der Waals surface area contributed by atoms with Crippen molar-refractivity contribution in [3.8, 4) is 0 Å². The van der Waals surface area contributed by atoms with E-state index in [4.69, 9.17) is 14.9 Å². The number of aliphatic hydroxyl groups excluding tert-OH is 2. The first kappa shape index (κ1) is 29.4.